The van der Waals surface area contributed by atoms with Gasteiger partial charge in [-0.05, 0) is 87.0 Å². The molecule has 3 N–H and O–H groups in total. The normalized spacial score (nSPS) is 21.0. The van der Waals surface area contributed by atoms with Gasteiger partial charge in [-0.15, -0.1) is 0 Å². The van der Waals surface area contributed by atoms with Crippen molar-refractivity contribution in [2.75, 3.05) is 46.3 Å². The molecule has 10 heteroatoms. The second-order valence-electron chi connectivity index (χ2n) is 12.6. The molecular weight excluding hydrogens is 585 g/mol. The lowest BCUT2D eigenvalue weighted by Gasteiger charge is -2.38. The molecule has 0 spiro atoms. The second kappa shape index (κ2) is 13.8. The van der Waals surface area contributed by atoms with Crippen LogP contribution in [0.15, 0.2) is 72.8 Å². The molecule has 1 amide bonds. The van der Waals surface area contributed by atoms with Gasteiger partial charge in [-0.2, -0.15) is 0 Å². The fourth-order valence-corrected chi connectivity index (χ4v) is 7.39. The van der Waals surface area contributed by atoms with E-state index in [2.05, 4.69) is 25.5 Å². The smallest absolute Gasteiger partial charge is 0.227 e. The molecule has 0 radical (unpaired) electrons. The number of nitrogens with one attached hydrogen (secondary N) is 3. The molecule has 4 aromatic rings. The third kappa shape index (κ3) is 6.47. The lowest BCUT2D eigenvalue weighted by Crippen LogP contribution is -2.49. The van der Waals surface area contributed by atoms with Crippen LogP contribution in [0.5, 0.6) is 5.75 Å². The molecular formula is C36H44FN5O4. The van der Waals surface area contributed by atoms with E-state index in [1.807, 2.05) is 48.5 Å². The van der Waals surface area contributed by atoms with E-state index in [0.29, 0.717) is 36.6 Å². The maximum absolute atomic E-state index is 14.0. The van der Waals surface area contributed by atoms with Gasteiger partial charge in [0.2, 0.25) is 17.6 Å². The van der Waals surface area contributed by atoms with E-state index in [4.69, 9.17) is 14.2 Å². The average Bonchev–Trinajstić information content (AvgIpc) is 3.64. The largest absolute Gasteiger partial charge is 0.496 e. The Hall–Kier alpha value is -3.99. The van der Waals surface area contributed by atoms with Gasteiger partial charge in [-0.25, -0.2) is 9.37 Å². The van der Waals surface area contributed by atoms with Crippen LogP contribution in [0.2, 0.25) is 0 Å². The third-order valence-corrected chi connectivity index (χ3v) is 9.83. The molecule has 6 rings (SSSR count). The highest BCUT2D eigenvalue weighted by Gasteiger charge is 2.55. The molecule has 2 saturated heterocycles. The van der Waals surface area contributed by atoms with Crippen molar-refractivity contribution in [3.05, 3.63) is 89.7 Å². The molecule has 3 aromatic carbocycles. The minimum Gasteiger partial charge on any atom is -0.496 e. The number of fused-ring (bicyclic) bond motifs is 1. The number of carbonyl (C=O) groups excluding carboxylic acids is 1. The number of aromatic amines is 1. The molecule has 2 aliphatic heterocycles. The van der Waals surface area contributed by atoms with Gasteiger partial charge in [0.05, 0.1) is 35.2 Å². The van der Waals surface area contributed by atoms with Gasteiger partial charge < -0.3 is 34.7 Å². The summed E-state index contributed by atoms with van der Waals surface area (Å²) in [4.78, 5) is 24.6. The standard InChI is InChI=1S/C36H44FN5O4/c1-44-31-12-7-4-9-28(31)36(45-2,46-3)32-24-35(33(43)41-32,23-25-13-15-26(37)16-14-25)19-8-20-42-21-17-27(18-22-42)38-34-39-29-10-5-6-11-30(29)40-34/h4-7,9-16,27,32H,8,17-24H2,1-3H3,(H,41,43)(H2,38,39,40). The Morgan fingerprint density at radius 2 is 1.72 bits per heavy atom. The van der Waals surface area contributed by atoms with Crippen LogP contribution < -0.4 is 15.4 Å². The van der Waals surface area contributed by atoms with Crippen LogP contribution in [0.3, 0.4) is 0 Å². The summed E-state index contributed by atoms with van der Waals surface area (Å²) in [6.07, 6.45) is 4.55. The Morgan fingerprint density at radius 1 is 1.00 bits per heavy atom. The summed E-state index contributed by atoms with van der Waals surface area (Å²) in [5.41, 5.74) is 2.92. The van der Waals surface area contributed by atoms with E-state index in [1.54, 1.807) is 33.5 Å². The highest BCUT2D eigenvalue weighted by Crippen LogP contribution is 2.47. The molecule has 244 valence electrons. The number of anilines is 1. The number of benzene rings is 3. The highest BCUT2D eigenvalue weighted by molar-refractivity contribution is 5.86. The van der Waals surface area contributed by atoms with Crippen molar-refractivity contribution in [2.45, 2.75) is 56.4 Å². The van der Waals surface area contributed by atoms with Crippen LogP contribution in [0, 0.1) is 11.2 Å². The predicted molar refractivity (Wildman–Crippen MR) is 176 cm³/mol. The zero-order chi connectivity index (χ0) is 32.1. The second-order valence-corrected chi connectivity index (χ2v) is 12.6. The number of halogens is 1. The molecule has 0 saturated carbocycles. The number of rotatable bonds is 13. The maximum atomic E-state index is 14.0. The lowest BCUT2D eigenvalue weighted by atomic mass is 9.74. The Kier molecular flexibility index (Phi) is 9.58. The van der Waals surface area contributed by atoms with Crippen LogP contribution in [-0.4, -0.2) is 73.8 Å². The van der Waals surface area contributed by atoms with E-state index < -0.39 is 17.2 Å². The van der Waals surface area contributed by atoms with Crippen molar-refractivity contribution in [1.82, 2.24) is 20.2 Å². The summed E-state index contributed by atoms with van der Waals surface area (Å²) >= 11 is 0. The number of H-pyrrole nitrogens is 1. The van der Waals surface area contributed by atoms with Crippen molar-refractivity contribution in [3.63, 3.8) is 0 Å². The van der Waals surface area contributed by atoms with Crippen LogP contribution >= 0.6 is 0 Å². The summed E-state index contributed by atoms with van der Waals surface area (Å²) in [5.74, 6) is -0.139. The van der Waals surface area contributed by atoms with E-state index in [0.717, 1.165) is 61.4 Å². The van der Waals surface area contributed by atoms with Crippen LogP contribution in [0.1, 0.15) is 43.2 Å². The Bertz CT molecular complexity index is 1580. The molecule has 9 nitrogen and oxygen atoms in total. The fourth-order valence-electron chi connectivity index (χ4n) is 7.39. The number of hydrogen-bond acceptors (Lipinski definition) is 7. The zero-order valence-electron chi connectivity index (χ0n) is 26.9. The number of carbonyl (C=O) groups is 1. The first-order valence-corrected chi connectivity index (χ1v) is 16.1. The summed E-state index contributed by atoms with van der Waals surface area (Å²) in [6.45, 7) is 2.84. The molecule has 0 aliphatic carbocycles. The first-order chi connectivity index (χ1) is 22.4. The lowest BCUT2D eigenvalue weighted by molar-refractivity contribution is -0.234. The summed E-state index contributed by atoms with van der Waals surface area (Å²) < 4.78 is 31.7. The van der Waals surface area contributed by atoms with Gasteiger partial charge >= 0.3 is 0 Å². The average molecular weight is 630 g/mol. The highest BCUT2D eigenvalue weighted by atomic mass is 19.1. The number of methoxy groups -OCH3 is 3. The number of para-hydroxylation sites is 3. The predicted octanol–water partition coefficient (Wildman–Crippen LogP) is 5.63. The van der Waals surface area contributed by atoms with Crippen molar-refractivity contribution < 1.29 is 23.4 Å². The molecule has 3 heterocycles. The molecule has 2 aliphatic rings. The minimum absolute atomic E-state index is 0.0380. The topological polar surface area (TPSA) is 101 Å². The first-order valence-electron chi connectivity index (χ1n) is 16.1. The molecule has 46 heavy (non-hydrogen) atoms. The third-order valence-electron chi connectivity index (χ3n) is 9.83. The van der Waals surface area contributed by atoms with Gasteiger partial charge in [0.1, 0.15) is 11.6 Å². The first kappa shape index (κ1) is 32.0. The number of hydrogen-bond donors (Lipinski definition) is 3. The molecule has 0 bridgehead atoms. The number of likely N-dealkylation sites (tertiary alicyclic amines) is 1. The van der Waals surface area contributed by atoms with E-state index in [9.17, 15) is 9.18 Å². The number of amides is 1. The number of imidazole rings is 1. The molecule has 2 fully saturated rings. The number of nitrogens with zero attached hydrogens (tertiary/aromatic N) is 2. The number of piperidine rings is 1. The van der Waals surface area contributed by atoms with E-state index in [-0.39, 0.29) is 11.7 Å². The SMILES string of the molecule is COc1ccccc1C(OC)(OC)C1CC(CCCN2CCC(Nc3nc4ccccc4[nH]3)CC2)(Cc2ccc(F)cc2)C(=O)N1. The Balaban J connectivity index is 1.13. The van der Waals surface area contributed by atoms with E-state index in [1.165, 1.54) is 12.1 Å². The van der Waals surface area contributed by atoms with Gasteiger partial charge in [-0.1, -0.05) is 36.4 Å². The van der Waals surface area contributed by atoms with Crippen molar-refractivity contribution in [1.29, 1.82) is 0 Å². The minimum atomic E-state index is -1.25. The summed E-state index contributed by atoms with van der Waals surface area (Å²) in [7, 11) is 4.79. The molecule has 2 atom stereocenters. The van der Waals surface area contributed by atoms with Crippen LogP contribution in [-0.2, 0) is 26.5 Å². The van der Waals surface area contributed by atoms with Crippen molar-refractivity contribution in [2.24, 2.45) is 5.41 Å². The Labute approximate surface area is 269 Å². The van der Waals surface area contributed by atoms with Crippen LogP contribution in [0.4, 0.5) is 10.3 Å². The Morgan fingerprint density at radius 3 is 2.43 bits per heavy atom. The van der Waals surface area contributed by atoms with Gasteiger partial charge in [0.15, 0.2) is 0 Å². The monoisotopic (exact) mass is 629 g/mol. The fraction of sp³-hybridized carbons (Fsp3) is 0.444. The molecule has 1 aromatic heterocycles. The summed E-state index contributed by atoms with van der Waals surface area (Å²) in [6, 6.07) is 22.0. The van der Waals surface area contributed by atoms with Crippen molar-refractivity contribution >= 4 is 22.9 Å². The van der Waals surface area contributed by atoms with Gasteiger partial charge in [0, 0.05) is 33.4 Å². The van der Waals surface area contributed by atoms with E-state index >= 15 is 0 Å². The molecule has 2 unspecified atom stereocenters. The number of aromatic nitrogens is 2. The van der Waals surface area contributed by atoms with Crippen molar-refractivity contribution in [3.8, 4) is 5.75 Å². The summed E-state index contributed by atoms with van der Waals surface area (Å²) in [5, 5.41) is 6.83. The van der Waals surface area contributed by atoms with Gasteiger partial charge in [-0.3, -0.25) is 4.79 Å². The quantitative estimate of drug-likeness (QED) is 0.165. The number of ether oxygens (including phenoxy) is 3. The maximum Gasteiger partial charge on any atom is 0.227 e. The van der Waals surface area contributed by atoms with Crippen LogP contribution in [0.25, 0.3) is 11.0 Å². The van der Waals surface area contributed by atoms with Gasteiger partial charge in [0.25, 0.3) is 0 Å². The zero-order valence-corrected chi connectivity index (χ0v) is 26.9.